The van der Waals surface area contributed by atoms with Crippen molar-refractivity contribution in [3.05, 3.63) is 78.4 Å². The molecule has 1 saturated heterocycles. The van der Waals surface area contributed by atoms with Gasteiger partial charge in [-0.2, -0.15) is 0 Å². The Morgan fingerprint density at radius 1 is 1.03 bits per heavy atom. The van der Waals surface area contributed by atoms with E-state index in [9.17, 15) is 0 Å². The lowest BCUT2D eigenvalue weighted by molar-refractivity contribution is 0.193. The molecule has 0 radical (unpaired) electrons. The molecule has 2 aliphatic rings. The van der Waals surface area contributed by atoms with Crippen molar-refractivity contribution in [1.82, 2.24) is 19.8 Å². The molecular formula is C26H30N4OS. The van der Waals surface area contributed by atoms with Gasteiger partial charge in [-0.25, -0.2) is 0 Å². The summed E-state index contributed by atoms with van der Waals surface area (Å²) in [5, 5.41) is 4.47. The van der Waals surface area contributed by atoms with Crippen LogP contribution in [0.15, 0.2) is 67.0 Å². The van der Waals surface area contributed by atoms with E-state index in [0.717, 1.165) is 22.2 Å². The van der Waals surface area contributed by atoms with E-state index in [2.05, 4.69) is 57.4 Å². The Hall–Kier alpha value is -2.86. The second kappa shape index (κ2) is 9.33. The van der Waals surface area contributed by atoms with Crippen LogP contribution >= 0.6 is 12.2 Å². The maximum Gasteiger partial charge on any atom is 0.170 e. The van der Waals surface area contributed by atoms with Crippen LogP contribution in [0, 0.1) is 0 Å². The number of nitrogens with zero attached hydrogens (tertiary/aromatic N) is 3. The van der Waals surface area contributed by atoms with Crippen molar-refractivity contribution < 1.29 is 4.74 Å². The van der Waals surface area contributed by atoms with Crippen LogP contribution in [-0.2, 0) is 0 Å². The molecule has 2 fully saturated rings. The number of pyridine rings is 1. The van der Waals surface area contributed by atoms with Gasteiger partial charge in [0.05, 0.1) is 24.4 Å². The molecule has 5 rings (SSSR count). The van der Waals surface area contributed by atoms with Gasteiger partial charge in [0.1, 0.15) is 5.75 Å². The molecule has 2 atom stereocenters. The van der Waals surface area contributed by atoms with Crippen LogP contribution in [0.3, 0.4) is 0 Å². The summed E-state index contributed by atoms with van der Waals surface area (Å²) in [6, 6.07) is 19.4. The Kier molecular flexibility index (Phi) is 6.12. The van der Waals surface area contributed by atoms with Gasteiger partial charge in [-0.1, -0.05) is 25.3 Å². The van der Waals surface area contributed by atoms with Gasteiger partial charge in [0.15, 0.2) is 5.11 Å². The summed E-state index contributed by atoms with van der Waals surface area (Å²) in [6.07, 6.45) is 10.2. The molecule has 2 aromatic heterocycles. The molecule has 0 bridgehead atoms. The largest absolute Gasteiger partial charge is 0.494 e. The molecule has 32 heavy (non-hydrogen) atoms. The molecule has 1 N–H and O–H groups in total. The SMILES string of the molecule is CCOc1ccc(-n2cccc2[C@H]2[C@@H](c3ccccn3)NC(=S)N2C2CCCCC2)cc1. The zero-order valence-electron chi connectivity index (χ0n) is 18.5. The minimum absolute atomic E-state index is 0.0157. The van der Waals surface area contributed by atoms with E-state index in [-0.39, 0.29) is 12.1 Å². The van der Waals surface area contributed by atoms with Crippen molar-refractivity contribution in [1.29, 1.82) is 0 Å². The molecule has 0 unspecified atom stereocenters. The highest BCUT2D eigenvalue weighted by Crippen LogP contribution is 2.43. The number of nitrogens with one attached hydrogen (secondary N) is 1. The summed E-state index contributed by atoms with van der Waals surface area (Å²) in [6.45, 7) is 2.67. The maximum absolute atomic E-state index is 5.92. The topological polar surface area (TPSA) is 42.3 Å². The monoisotopic (exact) mass is 446 g/mol. The predicted octanol–water partition coefficient (Wildman–Crippen LogP) is 5.58. The van der Waals surface area contributed by atoms with E-state index < -0.39 is 0 Å². The molecule has 3 aromatic rings. The molecular weight excluding hydrogens is 416 g/mol. The quantitative estimate of drug-likeness (QED) is 0.501. The summed E-state index contributed by atoms with van der Waals surface area (Å²) in [5.41, 5.74) is 3.37. The van der Waals surface area contributed by atoms with Crippen LogP contribution in [0.1, 0.15) is 62.5 Å². The van der Waals surface area contributed by atoms with Crippen molar-refractivity contribution in [2.24, 2.45) is 0 Å². The van der Waals surface area contributed by atoms with Crippen molar-refractivity contribution in [2.45, 2.75) is 57.2 Å². The first-order valence-corrected chi connectivity index (χ1v) is 12.1. The van der Waals surface area contributed by atoms with Crippen LogP contribution in [-0.4, -0.2) is 32.2 Å². The highest BCUT2D eigenvalue weighted by atomic mass is 32.1. The average molecular weight is 447 g/mol. The number of hydrogen-bond donors (Lipinski definition) is 1. The lowest BCUT2D eigenvalue weighted by Gasteiger charge is -2.37. The zero-order chi connectivity index (χ0) is 21.9. The van der Waals surface area contributed by atoms with Gasteiger partial charge in [0.2, 0.25) is 0 Å². The van der Waals surface area contributed by atoms with Gasteiger partial charge < -0.3 is 19.5 Å². The van der Waals surface area contributed by atoms with Crippen LogP contribution < -0.4 is 10.1 Å². The summed E-state index contributed by atoms with van der Waals surface area (Å²) in [5.74, 6) is 0.892. The Morgan fingerprint density at radius 3 is 2.56 bits per heavy atom. The van der Waals surface area contributed by atoms with Crippen LogP contribution in [0.5, 0.6) is 5.75 Å². The lowest BCUT2D eigenvalue weighted by Crippen LogP contribution is -2.40. The smallest absolute Gasteiger partial charge is 0.170 e. The second-order valence-electron chi connectivity index (χ2n) is 8.56. The Labute approximate surface area is 195 Å². The van der Waals surface area contributed by atoms with Gasteiger partial charge in [-0.05, 0) is 80.5 Å². The highest BCUT2D eigenvalue weighted by molar-refractivity contribution is 7.80. The van der Waals surface area contributed by atoms with Crippen LogP contribution in [0.25, 0.3) is 5.69 Å². The summed E-state index contributed by atoms with van der Waals surface area (Å²) in [7, 11) is 0. The van der Waals surface area contributed by atoms with Crippen LogP contribution in [0.4, 0.5) is 0 Å². The second-order valence-corrected chi connectivity index (χ2v) is 8.94. The predicted molar refractivity (Wildman–Crippen MR) is 131 cm³/mol. The van der Waals surface area contributed by atoms with E-state index >= 15 is 0 Å². The first-order chi connectivity index (χ1) is 15.8. The number of benzene rings is 1. The van der Waals surface area contributed by atoms with E-state index in [1.165, 1.54) is 37.8 Å². The molecule has 1 aliphatic heterocycles. The molecule has 0 spiro atoms. The fourth-order valence-electron chi connectivity index (χ4n) is 5.17. The highest BCUT2D eigenvalue weighted by Gasteiger charge is 2.44. The first kappa shape index (κ1) is 21.0. The summed E-state index contributed by atoms with van der Waals surface area (Å²) >= 11 is 5.92. The van der Waals surface area contributed by atoms with Gasteiger partial charge >= 0.3 is 0 Å². The number of thiocarbonyl (C=S) groups is 1. The van der Waals surface area contributed by atoms with Gasteiger partial charge in [-0.3, -0.25) is 4.98 Å². The molecule has 166 valence electrons. The van der Waals surface area contributed by atoms with Crippen molar-refractivity contribution in [2.75, 3.05) is 6.61 Å². The Balaban J connectivity index is 1.56. The normalized spacial score (nSPS) is 21.5. The molecule has 1 aliphatic carbocycles. The van der Waals surface area contributed by atoms with E-state index in [1.807, 2.05) is 31.3 Å². The summed E-state index contributed by atoms with van der Waals surface area (Å²) in [4.78, 5) is 7.16. The van der Waals surface area contributed by atoms with E-state index in [1.54, 1.807) is 0 Å². The number of ether oxygens (including phenoxy) is 1. The molecule has 1 saturated carbocycles. The fraction of sp³-hybridized carbons (Fsp3) is 0.385. The maximum atomic E-state index is 5.92. The summed E-state index contributed by atoms with van der Waals surface area (Å²) < 4.78 is 7.92. The third-order valence-corrected chi connectivity index (χ3v) is 6.94. The van der Waals surface area contributed by atoms with Gasteiger partial charge in [0, 0.05) is 29.8 Å². The third-order valence-electron chi connectivity index (χ3n) is 6.61. The Morgan fingerprint density at radius 2 is 1.84 bits per heavy atom. The molecule has 0 amide bonds. The van der Waals surface area contributed by atoms with Crippen molar-refractivity contribution in [3.8, 4) is 11.4 Å². The van der Waals surface area contributed by atoms with E-state index in [4.69, 9.17) is 21.9 Å². The number of hydrogen-bond acceptors (Lipinski definition) is 3. The molecule has 5 nitrogen and oxygen atoms in total. The fourth-order valence-corrected chi connectivity index (χ4v) is 5.56. The molecule has 6 heteroatoms. The molecule has 3 heterocycles. The van der Waals surface area contributed by atoms with E-state index in [0.29, 0.717) is 12.6 Å². The van der Waals surface area contributed by atoms with Gasteiger partial charge in [-0.15, -0.1) is 0 Å². The zero-order valence-corrected chi connectivity index (χ0v) is 19.3. The average Bonchev–Trinajstić information content (AvgIpc) is 3.45. The minimum atomic E-state index is 0.0157. The minimum Gasteiger partial charge on any atom is -0.494 e. The van der Waals surface area contributed by atoms with Crippen molar-refractivity contribution in [3.63, 3.8) is 0 Å². The molecule has 1 aromatic carbocycles. The standard InChI is InChI=1S/C26H30N4OS/c1-2-31-21-15-13-19(14-16-21)29-18-8-12-23(29)25-24(22-11-6-7-17-27-22)28-26(32)30(25)20-9-4-3-5-10-20/h6-8,11-18,20,24-25H,2-5,9-10H2,1H3,(H,28,32)/t24-,25+/m1/s1. The third kappa shape index (κ3) is 3.99. The Bertz CT molecular complexity index is 1040. The lowest BCUT2D eigenvalue weighted by atomic mass is 9.92. The first-order valence-electron chi connectivity index (χ1n) is 11.7. The number of rotatable bonds is 6. The van der Waals surface area contributed by atoms with Crippen LogP contribution in [0.2, 0.25) is 0 Å². The number of aromatic nitrogens is 2. The van der Waals surface area contributed by atoms with Gasteiger partial charge in [0.25, 0.3) is 0 Å². The van der Waals surface area contributed by atoms with Crippen molar-refractivity contribution >= 4 is 17.3 Å².